The number of aromatic nitrogens is 4. The van der Waals surface area contributed by atoms with E-state index in [0.717, 1.165) is 34.6 Å². The van der Waals surface area contributed by atoms with E-state index >= 15 is 0 Å². The third-order valence-electron chi connectivity index (χ3n) is 4.28. The van der Waals surface area contributed by atoms with Gasteiger partial charge in [0.1, 0.15) is 6.33 Å². The van der Waals surface area contributed by atoms with Crippen LogP contribution in [0.3, 0.4) is 0 Å². The molecule has 4 rings (SSSR count). The van der Waals surface area contributed by atoms with E-state index in [2.05, 4.69) is 41.7 Å². The highest BCUT2D eigenvalue weighted by Gasteiger charge is 2.17. The molecule has 1 saturated heterocycles. The lowest BCUT2D eigenvalue weighted by Gasteiger charge is -2.30. The molecule has 0 bridgehead atoms. The second kappa shape index (κ2) is 7.85. The van der Waals surface area contributed by atoms with Gasteiger partial charge in [0.2, 0.25) is 0 Å². The third kappa shape index (κ3) is 3.99. The van der Waals surface area contributed by atoms with Gasteiger partial charge in [0, 0.05) is 23.1 Å². The van der Waals surface area contributed by atoms with Gasteiger partial charge in [-0.25, -0.2) is 4.68 Å². The summed E-state index contributed by atoms with van der Waals surface area (Å²) in [6.45, 7) is 2.94. The number of anilines is 2. The Balaban J connectivity index is 1.59. The van der Waals surface area contributed by atoms with E-state index in [9.17, 15) is 4.79 Å². The van der Waals surface area contributed by atoms with Crippen LogP contribution in [0.1, 0.15) is 10.4 Å². The standard InChI is InChI=1S/C18H17BrN6O2/c19-14-4-5-17(24-6-8-27-9-7-24)16(11-14)21-18(26)13-2-1-3-15(10-13)25-12-20-22-23-25/h1-5,10-12H,6-9H2,(H,21,26). The first kappa shape index (κ1) is 17.6. The van der Waals surface area contributed by atoms with Crippen molar-refractivity contribution < 1.29 is 9.53 Å². The van der Waals surface area contributed by atoms with Crippen LogP contribution in [0, 0.1) is 0 Å². The maximum Gasteiger partial charge on any atom is 0.255 e. The van der Waals surface area contributed by atoms with Gasteiger partial charge < -0.3 is 15.0 Å². The highest BCUT2D eigenvalue weighted by atomic mass is 79.9. The van der Waals surface area contributed by atoms with Crippen molar-refractivity contribution in [2.24, 2.45) is 0 Å². The molecule has 0 saturated carbocycles. The molecule has 0 spiro atoms. The average molecular weight is 429 g/mol. The van der Waals surface area contributed by atoms with Crippen molar-refractivity contribution in [2.75, 3.05) is 36.5 Å². The lowest BCUT2D eigenvalue weighted by molar-refractivity contribution is 0.102. The normalized spacial score (nSPS) is 14.2. The van der Waals surface area contributed by atoms with Gasteiger partial charge in [0.25, 0.3) is 5.91 Å². The summed E-state index contributed by atoms with van der Waals surface area (Å²) in [6.07, 6.45) is 1.49. The molecule has 8 nitrogen and oxygen atoms in total. The zero-order chi connectivity index (χ0) is 18.6. The Bertz CT molecular complexity index is 941. The van der Waals surface area contributed by atoms with Crippen molar-refractivity contribution in [1.82, 2.24) is 20.2 Å². The molecular weight excluding hydrogens is 412 g/mol. The minimum atomic E-state index is -0.197. The highest BCUT2D eigenvalue weighted by Crippen LogP contribution is 2.30. The molecule has 1 N–H and O–H groups in total. The third-order valence-corrected chi connectivity index (χ3v) is 4.77. The van der Waals surface area contributed by atoms with Crippen LogP contribution in [0.15, 0.2) is 53.3 Å². The van der Waals surface area contributed by atoms with Crippen LogP contribution in [0.2, 0.25) is 0 Å². The lowest BCUT2D eigenvalue weighted by Crippen LogP contribution is -2.36. The average Bonchev–Trinajstić information content (AvgIpc) is 3.24. The molecule has 1 fully saturated rings. The predicted molar refractivity (Wildman–Crippen MR) is 104 cm³/mol. The van der Waals surface area contributed by atoms with Gasteiger partial charge in [-0.05, 0) is 46.8 Å². The number of ether oxygens (including phenoxy) is 1. The van der Waals surface area contributed by atoms with Gasteiger partial charge in [-0.2, -0.15) is 0 Å². The molecule has 27 heavy (non-hydrogen) atoms. The monoisotopic (exact) mass is 428 g/mol. The fraction of sp³-hybridized carbons (Fsp3) is 0.222. The second-order valence-corrected chi connectivity index (χ2v) is 6.94. The maximum atomic E-state index is 12.9. The number of carbonyl (C=O) groups is 1. The molecule has 0 atom stereocenters. The molecular formula is C18H17BrN6O2. The fourth-order valence-corrected chi connectivity index (χ4v) is 3.31. The summed E-state index contributed by atoms with van der Waals surface area (Å²) in [5, 5.41) is 14.1. The molecule has 2 aromatic carbocycles. The van der Waals surface area contributed by atoms with Crippen LogP contribution in [-0.2, 0) is 4.74 Å². The smallest absolute Gasteiger partial charge is 0.255 e. The van der Waals surface area contributed by atoms with Crippen LogP contribution in [0.25, 0.3) is 5.69 Å². The highest BCUT2D eigenvalue weighted by molar-refractivity contribution is 9.10. The quantitative estimate of drug-likeness (QED) is 0.686. The van der Waals surface area contributed by atoms with Gasteiger partial charge in [0.15, 0.2) is 0 Å². The number of halogens is 1. The van der Waals surface area contributed by atoms with Gasteiger partial charge in [0.05, 0.1) is 30.3 Å². The zero-order valence-electron chi connectivity index (χ0n) is 14.4. The number of hydrogen-bond donors (Lipinski definition) is 1. The summed E-state index contributed by atoms with van der Waals surface area (Å²) in [7, 11) is 0. The summed E-state index contributed by atoms with van der Waals surface area (Å²) < 4.78 is 7.84. The molecule has 2 heterocycles. The summed E-state index contributed by atoms with van der Waals surface area (Å²) >= 11 is 3.48. The number of carbonyl (C=O) groups excluding carboxylic acids is 1. The van der Waals surface area contributed by atoms with Crippen LogP contribution < -0.4 is 10.2 Å². The Labute approximate surface area is 164 Å². The van der Waals surface area contributed by atoms with Gasteiger partial charge in [-0.3, -0.25) is 4.79 Å². The predicted octanol–water partition coefficient (Wildman–Crippen LogP) is 2.51. The first-order chi connectivity index (χ1) is 13.2. The Morgan fingerprint density at radius 1 is 1.15 bits per heavy atom. The van der Waals surface area contributed by atoms with Crippen molar-refractivity contribution in [3.05, 3.63) is 58.8 Å². The Kier molecular flexibility index (Phi) is 5.12. The summed E-state index contributed by atoms with van der Waals surface area (Å²) in [5.41, 5.74) is 2.97. The number of amides is 1. The number of benzene rings is 2. The molecule has 1 aliphatic heterocycles. The zero-order valence-corrected chi connectivity index (χ0v) is 16.0. The largest absolute Gasteiger partial charge is 0.378 e. The molecule has 0 radical (unpaired) electrons. The minimum absolute atomic E-state index is 0.197. The van der Waals surface area contributed by atoms with Crippen LogP contribution in [-0.4, -0.2) is 52.4 Å². The SMILES string of the molecule is O=C(Nc1cc(Br)ccc1N1CCOCC1)c1cccc(-n2cnnn2)c1. The number of hydrogen-bond acceptors (Lipinski definition) is 6. The molecule has 1 aliphatic rings. The number of nitrogens with zero attached hydrogens (tertiary/aromatic N) is 5. The van der Waals surface area contributed by atoms with Crippen molar-refractivity contribution in [1.29, 1.82) is 0 Å². The molecule has 0 unspecified atom stereocenters. The van der Waals surface area contributed by atoms with Gasteiger partial charge >= 0.3 is 0 Å². The first-order valence-electron chi connectivity index (χ1n) is 8.48. The van der Waals surface area contributed by atoms with Crippen LogP contribution in [0.5, 0.6) is 0 Å². The van der Waals surface area contributed by atoms with Crippen molar-refractivity contribution in [3.8, 4) is 5.69 Å². The Morgan fingerprint density at radius 3 is 2.78 bits per heavy atom. The van der Waals surface area contributed by atoms with Crippen molar-refractivity contribution >= 4 is 33.2 Å². The van der Waals surface area contributed by atoms with Crippen LogP contribution >= 0.6 is 15.9 Å². The maximum absolute atomic E-state index is 12.9. The van der Waals surface area contributed by atoms with Crippen molar-refractivity contribution in [3.63, 3.8) is 0 Å². The van der Waals surface area contributed by atoms with E-state index in [1.54, 1.807) is 18.2 Å². The molecule has 9 heteroatoms. The number of nitrogens with one attached hydrogen (secondary N) is 1. The lowest BCUT2D eigenvalue weighted by atomic mass is 10.1. The number of rotatable bonds is 4. The van der Waals surface area contributed by atoms with E-state index in [4.69, 9.17) is 4.74 Å². The van der Waals surface area contributed by atoms with Crippen molar-refractivity contribution in [2.45, 2.75) is 0 Å². The number of morpholine rings is 1. The van der Waals surface area contributed by atoms with E-state index in [-0.39, 0.29) is 5.91 Å². The van der Waals surface area contributed by atoms with E-state index in [1.165, 1.54) is 11.0 Å². The molecule has 138 valence electrons. The molecule has 1 aromatic heterocycles. The Morgan fingerprint density at radius 2 is 2.00 bits per heavy atom. The molecule has 0 aliphatic carbocycles. The summed E-state index contributed by atoms with van der Waals surface area (Å²) in [5.74, 6) is -0.197. The van der Waals surface area contributed by atoms with E-state index < -0.39 is 0 Å². The van der Waals surface area contributed by atoms with E-state index in [1.807, 2.05) is 24.3 Å². The van der Waals surface area contributed by atoms with Gasteiger partial charge in [-0.15, -0.1) is 5.10 Å². The first-order valence-corrected chi connectivity index (χ1v) is 9.27. The Hall–Kier alpha value is -2.78. The fourth-order valence-electron chi connectivity index (χ4n) is 2.95. The molecule has 3 aromatic rings. The minimum Gasteiger partial charge on any atom is -0.378 e. The molecule has 1 amide bonds. The summed E-state index contributed by atoms with van der Waals surface area (Å²) in [4.78, 5) is 15.1. The topological polar surface area (TPSA) is 85.2 Å². The number of tetrazole rings is 1. The van der Waals surface area contributed by atoms with Crippen LogP contribution in [0.4, 0.5) is 11.4 Å². The summed E-state index contributed by atoms with van der Waals surface area (Å²) in [6, 6.07) is 13.0. The second-order valence-electron chi connectivity index (χ2n) is 6.02. The van der Waals surface area contributed by atoms with E-state index in [0.29, 0.717) is 18.8 Å². The van der Waals surface area contributed by atoms with Gasteiger partial charge in [-0.1, -0.05) is 22.0 Å².